The number of benzene rings is 1. The summed E-state index contributed by atoms with van der Waals surface area (Å²) in [7, 11) is 0. The number of thiophene rings is 1. The fourth-order valence-corrected chi connectivity index (χ4v) is 3.75. The van der Waals surface area contributed by atoms with Crippen LogP contribution in [0.15, 0.2) is 24.3 Å². The van der Waals surface area contributed by atoms with Gasteiger partial charge in [-0.1, -0.05) is 24.6 Å². The standard InChI is InChI=1S/C15H17NOS/c17-11-15-13(10-16-8-4-1-5-9-16)12-6-2-3-7-14(12)18-15/h2-3,6-7,11H,1,4-5,8-10H2. The van der Waals surface area contributed by atoms with Crippen molar-refractivity contribution in [2.24, 2.45) is 0 Å². The first-order valence-corrected chi connectivity index (χ1v) is 7.38. The zero-order valence-electron chi connectivity index (χ0n) is 10.4. The summed E-state index contributed by atoms with van der Waals surface area (Å²) >= 11 is 1.62. The minimum Gasteiger partial charge on any atom is -0.299 e. The predicted molar refractivity (Wildman–Crippen MR) is 76.3 cm³/mol. The smallest absolute Gasteiger partial charge is 0.160 e. The first-order chi connectivity index (χ1) is 8.88. The highest BCUT2D eigenvalue weighted by molar-refractivity contribution is 7.20. The van der Waals surface area contributed by atoms with Crippen LogP contribution in [0.5, 0.6) is 0 Å². The van der Waals surface area contributed by atoms with E-state index >= 15 is 0 Å². The van der Waals surface area contributed by atoms with Gasteiger partial charge in [0, 0.05) is 11.2 Å². The Labute approximate surface area is 111 Å². The molecule has 0 spiro atoms. The largest absolute Gasteiger partial charge is 0.299 e. The van der Waals surface area contributed by atoms with Gasteiger partial charge in [-0.15, -0.1) is 11.3 Å². The van der Waals surface area contributed by atoms with Gasteiger partial charge >= 0.3 is 0 Å². The molecule has 1 aromatic carbocycles. The maximum atomic E-state index is 11.2. The van der Waals surface area contributed by atoms with E-state index in [0.717, 1.165) is 17.7 Å². The lowest BCUT2D eigenvalue weighted by Crippen LogP contribution is -2.29. The topological polar surface area (TPSA) is 20.3 Å². The van der Waals surface area contributed by atoms with E-state index in [1.54, 1.807) is 11.3 Å². The average molecular weight is 259 g/mol. The highest BCUT2D eigenvalue weighted by Gasteiger charge is 2.16. The monoisotopic (exact) mass is 259 g/mol. The molecule has 1 fully saturated rings. The number of hydrogen-bond acceptors (Lipinski definition) is 3. The number of hydrogen-bond donors (Lipinski definition) is 0. The highest BCUT2D eigenvalue weighted by Crippen LogP contribution is 2.31. The Bertz CT molecular complexity index is 555. The summed E-state index contributed by atoms with van der Waals surface area (Å²) in [5, 5.41) is 1.26. The van der Waals surface area contributed by atoms with Gasteiger partial charge in [-0.2, -0.15) is 0 Å². The van der Waals surface area contributed by atoms with Gasteiger partial charge in [0.2, 0.25) is 0 Å². The number of rotatable bonds is 3. The van der Waals surface area contributed by atoms with Crippen molar-refractivity contribution in [3.05, 3.63) is 34.7 Å². The van der Waals surface area contributed by atoms with Crippen LogP contribution in [0, 0.1) is 0 Å². The quantitative estimate of drug-likeness (QED) is 0.783. The molecule has 0 bridgehead atoms. The third-order valence-corrected chi connectivity index (χ3v) is 4.81. The van der Waals surface area contributed by atoms with Gasteiger partial charge in [-0.25, -0.2) is 0 Å². The lowest BCUT2D eigenvalue weighted by molar-refractivity contribution is 0.112. The summed E-state index contributed by atoms with van der Waals surface area (Å²) in [5.74, 6) is 0. The molecule has 0 radical (unpaired) electrons. The van der Waals surface area contributed by atoms with Crippen molar-refractivity contribution in [1.82, 2.24) is 4.90 Å². The van der Waals surface area contributed by atoms with Crippen molar-refractivity contribution in [2.45, 2.75) is 25.8 Å². The molecular weight excluding hydrogens is 242 g/mol. The summed E-state index contributed by atoms with van der Waals surface area (Å²) < 4.78 is 1.23. The van der Waals surface area contributed by atoms with Gasteiger partial charge < -0.3 is 0 Å². The Hall–Kier alpha value is -1.19. The van der Waals surface area contributed by atoms with Gasteiger partial charge in [-0.3, -0.25) is 9.69 Å². The van der Waals surface area contributed by atoms with Crippen molar-refractivity contribution in [3.63, 3.8) is 0 Å². The number of nitrogens with zero attached hydrogens (tertiary/aromatic N) is 1. The van der Waals surface area contributed by atoms with Crippen LogP contribution in [0.3, 0.4) is 0 Å². The van der Waals surface area contributed by atoms with Crippen LogP contribution in [-0.2, 0) is 6.54 Å². The van der Waals surface area contributed by atoms with E-state index in [4.69, 9.17) is 0 Å². The van der Waals surface area contributed by atoms with Gasteiger partial charge in [0.05, 0.1) is 4.88 Å². The first kappa shape index (κ1) is 11.9. The second-order valence-corrected chi connectivity index (χ2v) is 5.98. The summed E-state index contributed by atoms with van der Waals surface area (Å²) in [4.78, 5) is 14.6. The third-order valence-electron chi connectivity index (χ3n) is 3.67. The Morgan fingerprint density at radius 1 is 1.17 bits per heavy atom. The minimum absolute atomic E-state index is 0.904. The molecule has 0 atom stereocenters. The van der Waals surface area contributed by atoms with Crippen molar-refractivity contribution in [2.75, 3.05) is 13.1 Å². The molecule has 0 aliphatic carbocycles. The fraction of sp³-hybridized carbons (Fsp3) is 0.400. The third kappa shape index (κ3) is 2.20. The molecule has 2 nitrogen and oxygen atoms in total. The number of carbonyl (C=O) groups excluding carboxylic acids is 1. The van der Waals surface area contributed by atoms with Crippen molar-refractivity contribution in [3.8, 4) is 0 Å². The molecule has 2 aromatic rings. The molecule has 3 heteroatoms. The van der Waals surface area contributed by atoms with Gasteiger partial charge in [-0.05, 0) is 42.9 Å². The summed E-state index contributed by atoms with van der Waals surface area (Å²) in [5.41, 5.74) is 1.23. The number of piperidine rings is 1. The van der Waals surface area contributed by atoms with E-state index in [9.17, 15) is 4.79 Å². The lowest BCUT2D eigenvalue weighted by Gasteiger charge is -2.26. The van der Waals surface area contributed by atoms with Crippen LogP contribution in [0.4, 0.5) is 0 Å². The molecular formula is C15H17NOS. The zero-order chi connectivity index (χ0) is 12.4. The summed E-state index contributed by atoms with van der Waals surface area (Å²) in [6, 6.07) is 8.34. The molecule has 2 heterocycles. The SMILES string of the molecule is O=Cc1sc2ccccc2c1CN1CCCCC1. The lowest BCUT2D eigenvalue weighted by atomic mass is 10.1. The van der Waals surface area contributed by atoms with Gasteiger partial charge in [0.15, 0.2) is 6.29 Å². The molecule has 1 aromatic heterocycles. The van der Waals surface area contributed by atoms with Crippen LogP contribution in [0.25, 0.3) is 10.1 Å². The molecule has 0 amide bonds. The second-order valence-electron chi connectivity index (χ2n) is 4.90. The van der Waals surface area contributed by atoms with Gasteiger partial charge in [0.1, 0.15) is 0 Å². The Balaban J connectivity index is 1.95. The molecule has 1 aliphatic rings. The number of fused-ring (bicyclic) bond motifs is 1. The van der Waals surface area contributed by atoms with Gasteiger partial charge in [0.25, 0.3) is 0 Å². The number of aldehydes is 1. The Kier molecular flexibility index (Phi) is 3.43. The highest BCUT2D eigenvalue weighted by atomic mass is 32.1. The molecule has 0 unspecified atom stereocenters. The fourth-order valence-electron chi connectivity index (χ4n) is 2.72. The van der Waals surface area contributed by atoms with Crippen LogP contribution >= 0.6 is 11.3 Å². The summed E-state index contributed by atoms with van der Waals surface area (Å²) in [6.45, 7) is 3.27. The predicted octanol–water partition coefficient (Wildman–Crippen LogP) is 3.70. The second kappa shape index (κ2) is 5.21. The van der Waals surface area contributed by atoms with Crippen LogP contribution in [0.2, 0.25) is 0 Å². The summed E-state index contributed by atoms with van der Waals surface area (Å²) in [6.07, 6.45) is 4.95. The van der Waals surface area contributed by atoms with E-state index in [1.165, 1.54) is 48.0 Å². The molecule has 18 heavy (non-hydrogen) atoms. The maximum absolute atomic E-state index is 11.2. The van der Waals surface area contributed by atoms with E-state index in [2.05, 4.69) is 23.1 Å². The average Bonchev–Trinajstić information content (AvgIpc) is 2.78. The molecule has 1 aliphatic heterocycles. The maximum Gasteiger partial charge on any atom is 0.160 e. The van der Waals surface area contributed by atoms with E-state index in [0.29, 0.717) is 0 Å². The molecule has 3 rings (SSSR count). The molecule has 0 N–H and O–H groups in total. The molecule has 94 valence electrons. The van der Waals surface area contributed by atoms with Crippen molar-refractivity contribution >= 4 is 27.7 Å². The first-order valence-electron chi connectivity index (χ1n) is 6.56. The normalized spacial score (nSPS) is 17.1. The van der Waals surface area contributed by atoms with E-state index < -0.39 is 0 Å². The Morgan fingerprint density at radius 3 is 2.72 bits per heavy atom. The van der Waals surface area contributed by atoms with E-state index in [-0.39, 0.29) is 0 Å². The van der Waals surface area contributed by atoms with Crippen molar-refractivity contribution in [1.29, 1.82) is 0 Å². The van der Waals surface area contributed by atoms with E-state index in [1.807, 2.05) is 6.07 Å². The number of likely N-dealkylation sites (tertiary alicyclic amines) is 1. The minimum atomic E-state index is 0.904. The van der Waals surface area contributed by atoms with Crippen LogP contribution < -0.4 is 0 Å². The Morgan fingerprint density at radius 2 is 1.94 bits per heavy atom. The number of carbonyl (C=O) groups is 1. The molecule has 1 saturated heterocycles. The zero-order valence-corrected chi connectivity index (χ0v) is 11.2. The molecule has 0 saturated carbocycles. The van der Waals surface area contributed by atoms with Crippen LogP contribution in [0.1, 0.15) is 34.5 Å². The van der Waals surface area contributed by atoms with Crippen molar-refractivity contribution < 1.29 is 4.79 Å². The van der Waals surface area contributed by atoms with Crippen LogP contribution in [-0.4, -0.2) is 24.3 Å².